The Morgan fingerprint density at radius 2 is 1.00 bits per heavy atom. The molecule has 0 amide bonds. The second-order valence-corrected chi connectivity index (χ2v) is 2.67. The van der Waals surface area contributed by atoms with Crippen LogP contribution >= 0.6 is 0 Å². The largest absolute Gasteiger partial charge is 0.550 e. The first-order valence-corrected chi connectivity index (χ1v) is 3.85. The number of carbonyl (C=O) groups excluding carboxylic acids is 4. The van der Waals surface area contributed by atoms with E-state index in [-0.39, 0.29) is 12.8 Å². The Bertz CT molecular complexity index is 239. The molecule has 0 aromatic rings. The SMILES string of the molecule is O=C([O-])CC(=O)CCC(=O)CC(=O)[O-]. The van der Waals surface area contributed by atoms with E-state index in [4.69, 9.17) is 0 Å². The van der Waals surface area contributed by atoms with Crippen molar-refractivity contribution in [3.8, 4) is 0 Å². The van der Waals surface area contributed by atoms with Gasteiger partial charge in [-0.25, -0.2) is 0 Å². The average Bonchev–Trinajstić information content (AvgIpc) is 1.98. The molecule has 0 aliphatic carbocycles. The predicted molar refractivity (Wildman–Crippen MR) is 38.5 cm³/mol. The molecule has 0 aromatic carbocycles. The van der Waals surface area contributed by atoms with Gasteiger partial charge in [0.2, 0.25) is 0 Å². The van der Waals surface area contributed by atoms with E-state index >= 15 is 0 Å². The van der Waals surface area contributed by atoms with Crippen LogP contribution in [-0.2, 0) is 19.2 Å². The normalized spacial score (nSPS) is 9.43. The summed E-state index contributed by atoms with van der Waals surface area (Å²) in [6, 6.07) is 0. The summed E-state index contributed by atoms with van der Waals surface area (Å²) in [7, 11) is 0. The number of aliphatic carboxylic acids is 2. The van der Waals surface area contributed by atoms with Gasteiger partial charge in [0, 0.05) is 37.6 Å². The van der Waals surface area contributed by atoms with Crippen LogP contribution in [0.2, 0.25) is 0 Å². The van der Waals surface area contributed by atoms with Gasteiger partial charge in [-0.1, -0.05) is 0 Å². The average molecular weight is 200 g/mol. The third kappa shape index (κ3) is 6.96. The lowest BCUT2D eigenvalue weighted by atomic mass is 10.1. The molecular weight excluding hydrogens is 192 g/mol. The molecular formula is C8H8O6-2. The van der Waals surface area contributed by atoms with Crippen molar-refractivity contribution in [2.75, 3.05) is 0 Å². The van der Waals surface area contributed by atoms with Crippen LogP contribution in [0.25, 0.3) is 0 Å². The van der Waals surface area contributed by atoms with Crippen LogP contribution in [0.1, 0.15) is 25.7 Å². The third-order valence-electron chi connectivity index (χ3n) is 1.37. The van der Waals surface area contributed by atoms with Gasteiger partial charge in [-0.05, 0) is 0 Å². The van der Waals surface area contributed by atoms with Crippen LogP contribution in [0.4, 0.5) is 0 Å². The second kappa shape index (κ2) is 5.85. The maximum absolute atomic E-state index is 10.7. The summed E-state index contributed by atoms with van der Waals surface area (Å²) in [6.45, 7) is 0. The van der Waals surface area contributed by atoms with Crippen LogP contribution in [-0.4, -0.2) is 23.5 Å². The zero-order valence-corrected chi connectivity index (χ0v) is 7.28. The summed E-state index contributed by atoms with van der Waals surface area (Å²) in [5.74, 6) is -4.34. The highest BCUT2D eigenvalue weighted by Gasteiger charge is 2.07. The van der Waals surface area contributed by atoms with E-state index in [9.17, 15) is 29.4 Å². The molecule has 0 aliphatic rings. The molecule has 0 rings (SSSR count). The first-order valence-electron chi connectivity index (χ1n) is 3.85. The molecule has 0 unspecified atom stereocenters. The van der Waals surface area contributed by atoms with E-state index in [1.54, 1.807) is 0 Å². The van der Waals surface area contributed by atoms with E-state index in [1.165, 1.54) is 0 Å². The lowest BCUT2D eigenvalue weighted by Crippen LogP contribution is -2.27. The van der Waals surface area contributed by atoms with E-state index < -0.39 is 36.3 Å². The molecule has 0 aromatic heterocycles. The Balaban J connectivity index is 3.72. The Hall–Kier alpha value is -1.72. The zero-order chi connectivity index (χ0) is 11.1. The van der Waals surface area contributed by atoms with Crippen molar-refractivity contribution in [2.45, 2.75) is 25.7 Å². The first-order chi connectivity index (χ1) is 6.41. The summed E-state index contributed by atoms with van der Waals surface area (Å²) >= 11 is 0. The molecule has 0 atom stereocenters. The Morgan fingerprint density at radius 3 is 1.21 bits per heavy atom. The summed E-state index contributed by atoms with van der Waals surface area (Å²) in [5, 5.41) is 19.8. The molecule has 0 aliphatic heterocycles. The van der Waals surface area contributed by atoms with Gasteiger partial charge >= 0.3 is 0 Å². The van der Waals surface area contributed by atoms with Gasteiger partial charge in [-0.3, -0.25) is 9.59 Å². The minimum absolute atomic E-state index is 0.278. The molecule has 0 saturated heterocycles. The van der Waals surface area contributed by atoms with Crippen molar-refractivity contribution in [3.05, 3.63) is 0 Å². The van der Waals surface area contributed by atoms with Crippen LogP contribution < -0.4 is 10.2 Å². The maximum Gasteiger partial charge on any atom is 0.138 e. The molecule has 6 nitrogen and oxygen atoms in total. The van der Waals surface area contributed by atoms with E-state index in [0.717, 1.165) is 0 Å². The van der Waals surface area contributed by atoms with Gasteiger partial charge in [-0.2, -0.15) is 0 Å². The van der Waals surface area contributed by atoms with Crippen molar-refractivity contribution in [1.82, 2.24) is 0 Å². The number of hydrogen-bond donors (Lipinski definition) is 0. The molecule has 0 bridgehead atoms. The van der Waals surface area contributed by atoms with Crippen LogP contribution in [0.15, 0.2) is 0 Å². The number of ketones is 2. The summed E-state index contributed by atoms with van der Waals surface area (Å²) < 4.78 is 0. The summed E-state index contributed by atoms with van der Waals surface area (Å²) in [5.41, 5.74) is 0. The third-order valence-corrected chi connectivity index (χ3v) is 1.37. The van der Waals surface area contributed by atoms with Crippen molar-refractivity contribution in [1.29, 1.82) is 0 Å². The minimum atomic E-state index is -1.51. The fraction of sp³-hybridized carbons (Fsp3) is 0.500. The van der Waals surface area contributed by atoms with Gasteiger partial charge in [-0.15, -0.1) is 0 Å². The van der Waals surface area contributed by atoms with Gasteiger partial charge in [0.1, 0.15) is 11.6 Å². The van der Waals surface area contributed by atoms with E-state index in [2.05, 4.69) is 0 Å². The van der Waals surface area contributed by atoms with Crippen molar-refractivity contribution in [2.24, 2.45) is 0 Å². The molecule has 0 spiro atoms. The van der Waals surface area contributed by atoms with Crippen LogP contribution in [0.5, 0.6) is 0 Å². The zero-order valence-electron chi connectivity index (χ0n) is 7.28. The lowest BCUT2D eigenvalue weighted by molar-refractivity contribution is -0.306. The molecule has 78 valence electrons. The molecule has 6 heteroatoms. The van der Waals surface area contributed by atoms with E-state index in [1.807, 2.05) is 0 Å². The van der Waals surface area contributed by atoms with Crippen molar-refractivity contribution in [3.63, 3.8) is 0 Å². The number of carboxylic acid groups (broad SMARTS) is 2. The fourth-order valence-corrected chi connectivity index (χ4v) is 0.778. The molecule has 0 N–H and O–H groups in total. The summed E-state index contributed by atoms with van der Waals surface area (Å²) in [6.07, 6.45) is -2.06. The number of carbonyl (C=O) groups is 4. The Labute approximate surface area is 79.5 Å². The highest BCUT2D eigenvalue weighted by Crippen LogP contribution is 1.98. The second-order valence-electron chi connectivity index (χ2n) is 2.67. The molecule has 14 heavy (non-hydrogen) atoms. The highest BCUT2D eigenvalue weighted by atomic mass is 16.4. The Kier molecular flexibility index (Phi) is 5.13. The van der Waals surface area contributed by atoms with Gasteiger partial charge in [0.15, 0.2) is 0 Å². The smallest absolute Gasteiger partial charge is 0.138 e. The highest BCUT2D eigenvalue weighted by molar-refractivity contribution is 5.98. The summed E-state index contributed by atoms with van der Waals surface area (Å²) in [4.78, 5) is 41.2. The lowest BCUT2D eigenvalue weighted by Gasteiger charge is -2.02. The number of hydrogen-bond acceptors (Lipinski definition) is 6. The quantitative estimate of drug-likeness (QED) is 0.409. The van der Waals surface area contributed by atoms with Gasteiger partial charge in [0.05, 0.1) is 0 Å². The standard InChI is InChI=1S/C8H10O6/c9-5(3-7(11)12)1-2-6(10)4-8(13)14/h1-4H2,(H,11,12)(H,13,14)/p-2. The van der Waals surface area contributed by atoms with Gasteiger partial charge in [0.25, 0.3) is 0 Å². The van der Waals surface area contributed by atoms with E-state index in [0.29, 0.717) is 0 Å². The number of carboxylic acids is 2. The molecule has 0 saturated carbocycles. The van der Waals surface area contributed by atoms with Crippen molar-refractivity contribution < 1.29 is 29.4 Å². The molecule has 0 heterocycles. The van der Waals surface area contributed by atoms with Crippen molar-refractivity contribution >= 4 is 23.5 Å². The minimum Gasteiger partial charge on any atom is -0.550 e. The maximum atomic E-state index is 10.7. The Morgan fingerprint density at radius 1 is 0.714 bits per heavy atom. The fourth-order valence-electron chi connectivity index (χ4n) is 0.778. The first kappa shape index (κ1) is 12.3. The monoisotopic (exact) mass is 200 g/mol. The number of rotatable bonds is 7. The number of Topliss-reactive ketones (excluding diaryl/α,β-unsaturated/α-hetero) is 2. The molecule has 0 radical (unpaired) electrons. The topological polar surface area (TPSA) is 114 Å². The van der Waals surface area contributed by atoms with Crippen LogP contribution in [0, 0.1) is 0 Å². The predicted octanol–water partition coefficient (Wildman–Crippen LogP) is -2.82. The molecule has 0 fully saturated rings. The van der Waals surface area contributed by atoms with Gasteiger partial charge < -0.3 is 19.8 Å². The van der Waals surface area contributed by atoms with Crippen LogP contribution in [0.3, 0.4) is 0 Å².